The highest BCUT2D eigenvalue weighted by atomic mass is 16.7. The normalized spacial score (nSPS) is 41.1. The number of piperidine rings is 1. The number of aliphatic hydroxyl groups excluding tert-OH is 2. The minimum atomic E-state index is -2.53. The molecule has 0 spiro atoms. The lowest BCUT2D eigenvalue weighted by Crippen LogP contribution is -2.64. The first kappa shape index (κ1) is 50.5. The summed E-state index contributed by atoms with van der Waals surface area (Å²) >= 11 is 0. The van der Waals surface area contributed by atoms with Gasteiger partial charge in [-0.25, -0.2) is 4.79 Å². The zero-order valence-electron chi connectivity index (χ0n) is 35.8. The van der Waals surface area contributed by atoms with Gasteiger partial charge in [-0.2, -0.15) is 0 Å². The van der Waals surface area contributed by atoms with Gasteiger partial charge in [-0.3, -0.25) is 14.4 Å². The van der Waals surface area contributed by atoms with E-state index in [2.05, 4.69) is 6.58 Å². The molecule has 2 saturated heterocycles. The van der Waals surface area contributed by atoms with Gasteiger partial charge in [0.25, 0.3) is 11.7 Å². The summed E-state index contributed by atoms with van der Waals surface area (Å²) in [7, 11) is 4.35. The van der Waals surface area contributed by atoms with E-state index in [1.807, 2.05) is 26.0 Å². The van der Waals surface area contributed by atoms with Crippen molar-refractivity contribution in [3.8, 4) is 0 Å². The zero-order valence-corrected chi connectivity index (χ0v) is 35.8. The molecule has 14 heteroatoms. The van der Waals surface area contributed by atoms with Crippen molar-refractivity contribution in [3.63, 3.8) is 0 Å². The number of carbonyl (C=O) groups is 4. The number of fused-ring (bicyclic) bond motifs is 3. The van der Waals surface area contributed by atoms with Crippen LogP contribution in [0.15, 0.2) is 36.0 Å². The van der Waals surface area contributed by atoms with E-state index in [9.17, 15) is 39.6 Å². The highest BCUT2D eigenvalue weighted by molar-refractivity contribution is 6.39. The van der Waals surface area contributed by atoms with Gasteiger partial charge in [0.15, 0.2) is 5.79 Å². The minimum absolute atomic E-state index is 0. The number of ether oxygens (including phenoxy) is 5. The van der Waals surface area contributed by atoms with Gasteiger partial charge in [0.1, 0.15) is 30.1 Å². The fraction of sp³-hybridized carbons (Fsp3) is 0.778. The van der Waals surface area contributed by atoms with Crippen molar-refractivity contribution in [2.24, 2.45) is 29.6 Å². The molecule has 14 atom stereocenters. The first-order chi connectivity index (χ1) is 27.3. The van der Waals surface area contributed by atoms with Gasteiger partial charge in [0.2, 0.25) is 5.79 Å². The predicted octanol–water partition coefficient (Wildman–Crippen LogP) is 4.60. The molecule has 0 aromatic carbocycles. The standard InChI is InChI=1S/C44H69NO13.CH4/c1-10-13-31-19-25(2)18-26(3)20-35(54-7)39-36(55-8)22-28(5)44(53,58-39)40(49)41(50)45-17-12-11-14-32(45)42(51)57-38(29(6)33(46)23-34(31)47)27(4)21-30-15-16-37(48)43(52,24-30)56-9;/h10,19,21,26,28-33,35-39,46,48,52-53H,1,11-18,20,22-24H2,2-9H3;1H4/b25-19+,27-21+;/t26-,28+,29+,30-,31+,32-,33-,35-,36-,37+,38+,39+,43+,44+;/m0./s1. The number of Topliss-reactive ketones (excluding diaryl/α,β-unsaturated/α-hetero) is 2. The van der Waals surface area contributed by atoms with Crippen molar-refractivity contribution in [2.75, 3.05) is 27.9 Å². The van der Waals surface area contributed by atoms with E-state index in [-0.39, 0.29) is 63.7 Å². The van der Waals surface area contributed by atoms with E-state index < -0.39 is 89.7 Å². The van der Waals surface area contributed by atoms with Crippen LogP contribution < -0.4 is 0 Å². The molecule has 1 amide bonds. The SMILES string of the molecule is C.C=CC[C@@H]1/C=C(\C)C[C@H](C)C[C@H](OC)[C@H]2O[C@@](O)(C(=O)C(=O)N3CCCC[C@H]3C(=O)O[C@H](/C(C)=C/[C@@H]3CC[C@@H](O)[C@](O)(OC)C3)[C@H](C)[C@@H](O)CC1=O)[C@H](C)C[C@@H]2OC. The Bertz CT molecular complexity index is 1530. The predicted molar refractivity (Wildman–Crippen MR) is 220 cm³/mol. The van der Waals surface area contributed by atoms with Gasteiger partial charge in [-0.1, -0.05) is 52.0 Å². The van der Waals surface area contributed by atoms with Crippen LogP contribution in [0.1, 0.15) is 113 Å². The van der Waals surface area contributed by atoms with Crippen molar-refractivity contribution in [1.82, 2.24) is 4.90 Å². The van der Waals surface area contributed by atoms with Crippen LogP contribution in [-0.4, -0.2) is 131 Å². The highest BCUT2D eigenvalue weighted by Gasteiger charge is 2.56. The number of aliphatic hydroxyl groups is 4. The highest BCUT2D eigenvalue weighted by Crippen LogP contribution is 2.40. The molecule has 3 heterocycles. The molecule has 3 fully saturated rings. The average Bonchev–Trinajstić information content (AvgIpc) is 3.19. The second-order valence-electron chi connectivity index (χ2n) is 17.5. The lowest BCUT2D eigenvalue weighted by Gasteiger charge is -2.47. The molecule has 4 N–H and O–H groups in total. The molecule has 4 rings (SSSR count). The maximum absolute atomic E-state index is 14.3. The van der Waals surface area contributed by atoms with Crippen LogP contribution in [0.3, 0.4) is 0 Å². The molecular formula is C45H73NO13. The zero-order chi connectivity index (χ0) is 43.1. The summed E-state index contributed by atoms with van der Waals surface area (Å²) in [5.41, 5.74) is 1.47. The monoisotopic (exact) mass is 836 g/mol. The molecule has 0 aromatic rings. The van der Waals surface area contributed by atoms with Crippen LogP contribution in [0, 0.1) is 29.6 Å². The van der Waals surface area contributed by atoms with Crippen LogP contribution >= 0.6 is 0 Å². The number of rotatable bonds is 7. The molecule has 14 nitrogen and oxygen atoms in total. The summed E-state index contributed by atoms with van der Waals surface area (Å²) < 4.78 is 29.4. The van der Waals surface area contributed by atoms with E-state index in [0.29, 0.717) is 44.1 Å². The number of allylic oxidation sites excluding steroid dienone is 4. The van der Waals surface area contributed by atoms with Crippen LogP contribution in [0.5, 0.6) is 0 Å². The van der Waals surface area contributed by atoms with Crippen molar-refractivity contribution in [3.05, 3.63) is 36.0 Å². The van der Waals surface area contributed by atoms with E-state index >= 15 is 0 Å². The number of ketones is 2. The van der Waals surface area contributed by atoms with Gasteiger partial charge >= 0.3 is 5.97 Å². The quantitative estimate of drug-likeness (QED) is 0.120. The number of amides is 1. The third-order valence-electron chi connectivity index (χ3n) is 13.0. The molecular weight excluding hydrogens is 762 g/mol. The van der Waals surface area contributed by atoms with Crippen LogP contribution in [-0.2, 0) is 42.9 Å². The molecule has 4 aliphatic rings. The number of nitrogens with zero attached hydrogens (tertiary/aromatic N) is 1. The Labute approximate surface area is 351 Å². The topological polar surface area (TPSA) is 199 Å². The van der Waals surface area contributed by atoms with Crippen molar-refractivity contribution in [1.29, 1.82) is 0 Å². The molecule has 0 radical (unpaired) electrons. The molecule has 0 unspecified atom stereocenters. The average molecular weight is 836 g/mol. The Hall–Kier alpha value is -2.82. The molecule has 1 aliphatic carbocycles. The second-order valence-corrected chi connectivity index (χ2v) is 17.5. The Morgan fingerprint density at radius 2 is 1.64 bits per heavy atom. The number of methoxy groups -OCH3 is 3. The summed E-state index contributed by atoms with van der Waals surface area (Å²) in [6.45, 7) is 12.9. The van der Waals surface area contributed by atoms with Crippen molar-refractivity contribution < 1.29 is 63.3 Å². The first-order valence-corrected chi connectivity index (χ1v) is 21.0. The number of hydrogen-bond acceptors (Lipinski definition) is 13. The fourth-order valence-corrected chi connectivity index (χ4v) is 9.45. The largest absolute Gasteiger partial charge is 0.456 e. The molecule has 0 aromatic heterocycles. The number of esters is 1. The smallest absolute Gasteiger partial charge is 0.329 e. The number of hydrogen-bond donors (Lipinski definition) is 4. The molecule has 3 aliphatic heterocycles. The number of carbonyl (C=O) groups excluding carboxylic acids is 4. The van der Waals surface area contributed by atoms with Crippen molar-refractivity contribution >= 4 is 23.4 Å². The molecule has 1 saturated carbocycles. The van der Waals surface area contributed by atoms with Crippen LogP contribution in [0.2, 0.25) is 0 Å². The number of cyclic esters (lactones) is 1. The van der Waals surface area contributed by atoms with E-state index in [4.69, 9.17) is 23.7 Å². The summed E-state index contributed by atoms with van der Waals surface area (Å²) in [4.78, 5) is 57.8. The lowest BCUT2D eigenvalue weighted by atomic mass is 9.80. The Kier molecular flexibility index (Phi) is 18.7. The third kappa shape index (κ3) is 11.8. The fourth-order valence-electron chi connectivity index (χ4n) is 9.45. The Balaban J connectivity index is 0.00000930. The Morgan fingerprint density at radius 3 is 2.27 bits per heavy atom. The summed E-state index contributed by atoms with van der Waals surface area (Å²) in [6.07, 6.45) is 3.26. The third-order valence-corrected chi connectivity index (χ3v) is 13.0. The van der Waals surface area contributed by atoms with E-state index in [0.717, 1.165) is 10.5 Å². The van der Waals surface area contributed by atoms with Gasteiger partial charge < -0.3 is 49.0 Å². The van der Waals surface area contributed by atoms with Gasteiger partial charge in [-0.05, 0) is 89.0 Å². The van der Waals surface area contributed by atoms with E-state index in [1.54, 1.807) is 26.8 Å². The lowest BCUT2D eigenvalue weighted by molar-refractivity contribution is -0.302. The maximum Gasteiger partial charge on any atom is 0.329 e. The van der Waals surface area contributed by atoms with Gasteiger partial charge in [0.05, 0.1) is 18.3 Å². The van der Waals surface area contributed by atoms with Gasteiger partial charge in [0, 0.05) is 58.5 Å². The molecule has 336 valence electrons. The maximum atomic E-state index is 14.3. The van der Waals surface area contributed by atoms with Crippen molar-refractivity contribution in [2.45, 2.75) is 167 Å². The summed E-state index contributed by atoms with van der Waals surface area (Å²) in [5, 5.41) is 45.1. The minimum Gasteiger partial charge on any atom is -0.456 e. The molecule has 2 bridgehead atoms. The van der Waals surface area contributed by atoms with E-state index in [1.165, 1.54) is 21.3 Å². The van der Waals surface area contributed by atoms with Crippen LogP contribution in [0.25, 0.3) is 0 Å². The van der Waals surface area contributed by atoms with Gasteiger partial charge in [-0.15, -0.1) is 6.58 Å². The molecule has 59 heavy (non-hydrogen) atoms. The summed E-state index contributed by atoms with van der Waals surface area (Å²) in [5.74, 6) is -10.1. The van der Waals surface area contributed by atoms with Crippen LogP contribution in [0.4, 0.5) is 0 Å². The first-order valence-electron chi connectivity index (χ1n) is 21.0. The second kappa shape index (κ2) is 21.8. The Morgan fingerprint density at radius 1 is 0.983 bits per heavy atom. The summed E-state index contributed by atoms with van der Waals surface area (Å²) in [6, 6.07) is -1.19.